The van der Waals surface area contributed by atoms with E-state index in [9.17, 15) is 9.59 Å². The Morgan fingerprint density at radius 1 is 1.14 bits per heavy atom. The maximum atomic E-state index is 12.9. The van der Waals surface area contributed by atoms with Gasteiger partial charge in [0.25, 0.3) is 0 Å². The van der Waals surface area contributed by atoms with Gasteiger partial charge in [-0.25, -0.2) is 4.79 Å². The van der Waals surface area contributed by atoms with E-state index < -0.39 is 17.7 Å². The standard InChI is InChI=1S/C17H30N2O3/c1-16(2,3)13(18-15(21)22-17(4,5)6)14(20)19-10-11-7-8-12(19)9-11/h11-13H,7-10H2,1-6H3,(H,18,21)/t11?,12?,13-/m1/s1. The lowest BCUT2D eigenvalue weighted by atomic mass is 9.85. The van der Waals surface area contributed by atoms with Gasteiger partial charge in [-0.15, -0.1) is 0 Å². The summed E-state index contributed by atoms with van der Waals surface area (Å²) in [5, 5.41) is 2.80. The predicted molar refractivity (Wildman–Crippen MR) is 85.5 cm³/mol. The Labute approximate surface area is 133 Å². The number of amides is 2. The van der Waals surface area contributed by atoms with Crippen LogP contribution in [0.5, 0.6) is 0 Å². The van der Waals surface area contributed by atoms with Crippen molar-refractivity contribution in [3.05, 3.63) is 0 Å². The third-order valence-corrected chi connectivity index (χ3v) is 4.47. The van der Waals surface area contributed by atoms with Crippen LogP contribution < -0.4 is 5.32 Å². The lowest BCUT2D eigenvalue weighted by molar-refractivity contribution is -0.137. The third kappa shape index (κ3) is 3.93. The van der Waals surface area contributed by atoms with Crippen molar-refractivity contribution < 1.29 is 14.3 Å². The van der Waals surface area contributed by atoms with Gasteiger partial charge in [-0.1, -0.05) is 20.8 Å². The Morgan fingerprint density at radius 2 is 1.77 bits per heavy atom. The number of nitrogens with one attached hydrogen (secondary N) is 1. The lowest BCUT2D eigenvalue weighted by Crippen LogP contribution is -2.56. The number of carbonyl (C=O) groups excluding carboxylic acids is 2. The molecule has 1 heterocycles. The molecule has 0 aromatic heterocycles. The lowest BCUT2D eigenvalue weighted by Gasteiger charge is -2.37. The smallest absolute Gasteiger partial charge is 0.408 e. The molecule has 1 saturated carbocycles. The number of hydrogen-bond donors (Lipinski definition) is 1. The Kier molecular flexibility index (Phi) is 4.46. The van der Waals surface area contributed by atoms with E-state index in [-0.39, 0.29) is 11.3 Å². The minimum absolute atomic E-state index is 0.0329. The summed E-state index contributed by atoms with van der Waals surface area (Å²) in [6, 6.07) is -0.190. The minimum Gasteiger partial charge on any atom is -0.444 e. The molecule has 1 saturated heterocycles. The van der Waals surface area contributed by atoms with Crippen LogP contribution in [0.15, 0.2) is 0 Å². The van der Waals surface area contributed by atoms with Crippen LogP contribution in [0.25, 0.3) is 0 Å². The third-order valence-electron chi connectivity index (χ3n) is 4.47. The normalized spacial score (nSPS) is 26.0. The number of piperidine rings is 1. The van der Waals surface area contributed by atoms with Gasteiger partial charge in [0.05, 0.1) is 0 Å². The second kappa shape index (κ2) is 5.74. The van der Waals surface area contributed by atoms with E-state index in [0.717, 1.165) is 19.4 Å². The van der Waals surface area contributed by atoms with Crippen molar-refractivity contribution in [2.24, 2.45) is 11.3 Å². The molecule has 5 nitrogen and oxygen atoms in total. The SMILES string of the molecule is CC(C)(C)OC(=O)N[C@H](C(=O)N1CC2CCC1C2)C(C)(C)C. The molecule has 2 aliphatic rings. The summed E-state index contributed by atoms with van der Waals surface area (Å²) in [6.45, 7) is 12.2. The van der Waals surface area contributed by atoms with E-state index in [1.807, 2.05) is 46.4 Å². The minimum atomic E-state index is -0.567. The fourth-order valence-corrected chi connectivity index (χ4v) is 3.43. The van der Waals surface area contributed by atoms with Crippen molar-refractivity contribution in [3.63, 3.8) is 0 Å². The number of alkyl carbamates (subject to hydrolysis) is 1. The molecule has 126 valence electrons. The molecule has 2 amide bonds. The van der Waals surface area contributed by atoms with Gasteiger partial charge >= 0.3 is 6.09 Å². The number of likely N-dealkylation sites (tertiary alicyclic amines) is 1. The van der Waals surface area contributed by atoms with Crippen LogP contribution in [-0.2, 0) is 9.53 Å². The highest BCUT2D eigenvalue weighted by atomic mass is 16.6. The fourth-order valence-electron chi connectivity index (χ4n) is 3.43. The molecule has 0 aromatic carbocycles. The molecular formula is C17H30N2O3. The quantitative estimate of drug-likeness (QED) is 0.853. The van der Waals surface area contributed by atoms with Gasteiger partial charge in [0.2, 0.25) is 5.91 Å². The monoisotopic (exact) mass is 310 g/mol. The zero-order chi connectivity index (χ0) is 16.7. The predicted octanol–water partition coefficient (Wildman–Crippen LogP) is 2.94. The Bertz CT molecular complexity index is 448. The first-order valence-corrected chi connectivity index (χ1v) is 8.27. The van der Waals surface area contributed by atoms with Gasteiger partial charge in [-0.3, -0.25) is 4.79 Å². The Hall–Kier alpha value is -1.26. The molecule has 1 aliphatic heterocycles. The molecule has 22 heavy (non-hydrogen) atoms. The zero-order valence-electron chi connectivity index (χ0n) is 14.7. The molecule has 0 radical (unpaired) electrons. The summed E-state index contributed by atoms with van der Waals surface area (Å²) in [5.74, 6) is 0.682. The van der Waals surface area contributed by atoms with Crippen molar-refractivity contribution >= 4 is 12.0 Å². The molecule has 0 spiro atoms. The van der Waals surface area contributed by atoms with E-state index in [2.05, 4.69) is 5.32 Å². The molecule has 2 fully saturated rings. The Morgan fingerprint density at radius 3 is 2.18 bits per heavy atom. The van der Waals surface area contributed by atoms with Gasteiger partial charge in [0.15, 0.2) is 0 Å². The number of ether oxygens (including phenoxy) is 1. The van der Waals surface area contributed by atoms with Crippen molar-refractivity contribution in [2.75, 3.05) is 6.54 Å². The van der Waals surface area contributed by atoms with Crippen LogP contribution in [0.1, 0.15) is 60.8 Å². The number of nitrogens with zero attached hydrogens (tertiary/aromatic N) is 1. The number of fused-ring (bicyclic) bond motifs is 2. The second-order valence-electron chi connectivity index (χ2n) is 8.77. The van der Waals surface area contributed by atoms with Crippen LogP contribution in [-0.4, -0.2) is 41.1 Å². The molecule has 2 bridgehead atoms. The summed E-state index contributed by atoms with van der Waals surface area (Å²) in [4.78, 5) is 27.0. The summed E-state index contributed by atoms with van der Waals surface area (Å²) < 4.78 is 5.32. The largest absolute Gasteiger partial charge is 0.444 e. The number of hydrogen-bond acceptors (Lipinski definition) is 3. The average molecular weight is 310 g/mol. The first kappa shape index (κ1) is 17.1. The van der Waals surface area contributed by atoms with E-state index in [1.54, 1.807) is 0 Å². The first-order chi connectivity index (χ1) is 9.97. The molecule has 2 unspecified atom stereocenters. The van der Waals surface area contributed by atoms with E-state index in [0.29, 0.717) is 12.0 Å². The van der Waals surface area contributed by atoms with Crippen molar-refractivity contribution in [1.29, 1.82) is 0 Å². The summed E-state index contributed by atoms with van der Waals surface area (Å²) in [6.07, 6.45) is 2.92. The molecule has 5 heteroatoms. The van der Waals surface area contributed by atoms with Gasteiger partial charge in [-0.05, 0) is 51.4 Å². The zero-order valence-corrected chi connectivity index (χ0v) is 14.7. The first-order valence-electron chi connectivity index (χ1n) is 8.27. The summed E-state index contributed by atoms with van der Waals surface area (Å²) >= 11 is 0. The van der Waals surface area contributed by atoms with Crippen LogP contribution in [0.4, 0.5) is 4.79 Å². The molecule has 2 rings (SSSR count). The van der Waals surface area contributed by atoms with Gasteiger partial charge in [0.1, 0.15) is 11.6 Å². The molecule has 1 N–H and O–H groups in total. The maximum Gasteiger partial charge on any atom is 0.408 e. The highest BCUT2D eigenvalue weighted by Crippen LogP contribution is 2.38. The van der Waals surface area contributed by atoms with Crippen molar-refractivity contribution in [2.45, 2.75) is 78.5 Å². The molecule has 0 aromatic rings. The van der Waals surface area contributed by atoms with Crippen LogP contribution in [0, 0.1) is 11.3 Å². The van der Waals surface area contributed by atoms with Gasteiger partial charge in [0, 0.05) is 12.6 Å². The number of carbonyl (C=O) groups is 2. The summed E-state index contributed by atoms with van der Waals surface area (Å²) in [5.41, 5.74) is -0.919. The highest BCUT2D eigenvalue weighted by molar-refractivity contribution is 5.87. The van der Waals surface area contributed by atoms with Gasteiger partial charge in [-0.2, -0.15) is 0 Å². The number of rotatable bonds is 2. The fraction of sp³-hybridized carbons (Fsp3) is 0.882. The van der Waals surface area contributed by atoms with Crippen LogP contribution in [0.2, 0.25) is 0 Å². The highest BCUT2D eigenvalue weighted by Gasteiger charge is 2.45. The maximum absolute atomic E-state index is 12.9. The molecular weight excluding hydrogens is 280 g/mol. The second-order valence-corrected chi connectivity index (χ2v) is 8.77. The van der Waals surface area contributed by atoms with E-state index in [4.69, 9.17) is 4.74 Å². The van der Waals surface area contributed by atoms with Crippen LogP contribution in [0.3, 0.4) is 0 Å². The Balaban J connectivity index is 2.06. The van der Waals surface area contributed by atoms with Gasteiger partial charge < -0.3 is 15.0 Å². The molecule has 3 atom stereocenters. The van der Waals surface area contributed by atoms with Crippen molar-refractivity contribution in [3.8, 4) is 0 Å². The van der Waals surface area contributed by atoms with Crippen LogP contribution >= 0.6 is 0 Å². The van der Waals surface area contributed by atoms with Crippen molar-refractivity contribution in [1.82, 2.24) is 10.2 Å². The topological polar surface area (TPSA) is 58.6 Å². The molecule has 1 aliphatic carbocycles. The van der Waals surface area contributed by atoms with E-state index >= 15 is 0 Å². The van der Waals surface area contributed by atoms with E-state index in [1.165, 1.54) is 6.42 Å². The average Bonchev–Trinajstić information content (AvgIpc) is 2.93. The summed E-state index contributed by atoms with van der Waals surface area (Å²) in [7, 11) is 0.